The Morgan fingerprint density at radius 3 is 2.23 bits per heavy atom. The molecular formula is C22H15Br2NO. The van der Waals surface area contributed by atoms with Gasteiger partial charge in [-0.3, -0.25) is 4.79 Å². The number of halogens is 2. The van der Waals surface area contributed by atoms with Gasteiger partial charge in [0.05, 0.1) is 5.69 Å². The minimum absolute atomic E-state index is 0.0750. The van der Waals surface area contributed by atoms with Gasteiger partial charge in [0.15, 0.2) is 0 Å². The lowest BCUT2D eigenvalue weighted by atomic mass is 9.98. The molecule has 3 aromatic rings. The Hall–Kier alpha value is -2.17. The summed E-state index contributed by atoms with van der Waals surface area (Å²) in [5, 5.41) is 2.97. The second-order valence-electron chi connectivity index (χ2n) is 6.22. The van der Waals surface area contributed by atoms with Crippen molar-refractivity contribution in [3.8, 4) is 11.1 Å². The maximum atomic E-state index is 12.5. The molecule has 0 fully saturated rings. The molecule has 0 atom stereocenters. The number of carbonyl (C=O) groups is 1. The first-order chi connectivity index (χ1) is 12.5. The lowest BCUT2D eigenvalue weighted by Gasteiger charge is -2.08. The highest BCUT2D eigenvalue weighted by atomic mass is 79.9. The Morgan fingerprint density at radius 2 is 1.54 bits per heavy atom. The highest BCUT2D eigenvalue weighted by molar-refractivity contribution is 9.11. The number of rotatable bonds is 2. The van der Waals surface area contributed by atoms with E-state index >= 15 is 0 Å². The molecule has 26 heavy (non-hydrogen) atoms. The first-order valence-corrected chi connectivity index (χ1v) is 9.80. The Kier molecular flexibility index (Phi) is 4.55. The molecule has 1 amide bonds. The zero-order chi connectivity index (χ0) is 18.3. The predicted molar refractivity (Wildman–Crippen MR) is 115 cm³/mol. The van der Waals surface area contributed by atoms with E-state index in [9.17, 15) is 4.79 Å². The van der Waals surface area contributed by atoms with Gasteiger partial charge in [-0.1, -0.05) is 70.5 Å². The highest BCUT2D eigenvalue weighted by Crippen LogP contribution is 2.43. The van der Waals surface area contributed by atoms with E-state index in [0.29, 0.717) is 5.57 Å². The first-order valence-electron chi connectivity index (χ1n) is 8.22. The van der Waals surface area contributed by atoms with Crippen molar-refractivity contribution in [2.24, 2.45) is 0 Å². The van der Waals surface area contributed by atoms with Gasteiger partial charge in [0.2, 0.25) is 0 Å². The summed E-state index contributed by atoms with van der Waals surface area (Å²) >= 11 is 7.11. The number of hydrogen-bond acceptors (Lipinski definition) is 1. The molecule has 3 aromatic carbocycles. The monoisotopic (exact) mass is 467 g/mol. The molecule has 4 heteroatoms. The largest absolute Gasteiger partial charge is 0.320 e. The summed E-state index contributed by atoms with van der Waals surface area (Å²) < 4.78 is 1.85. The molecule has 1 heterocycles. The van der Waals surface area contributed by atoms with Gasteiger partial charge < -0.3 is 5.32 Å². The van der Waals surface area contributed by atoms with Crippen LogP contribution in [0.5, 0.6) is 0 Å². The van der Waals surface area contributed by atoms with Gasteiger partial charge in [0.1, 0.15) is 0 Å². The molecule has 2 nitrogen and oxygen atoms in total. The third kappa shape index (κ3) is 3.04. The van der Waals surface area contributed by atoms with Gasteiger partial charge >= 0.3 is 0 Å². The third-order valence-corrected chi connectivity index (χ3v) is 6.01. The quantitative estimate of drug-likeness (QED) is 0.417. The normalized spacial score (nSPS) is 14.4. The van der Waals surface area contributed by atoms with Gasteiger partial charge in [-0.25, -0.2) is 0 Å². The van der Waals surface area contributed by atoms with Gasteiger partial charge in [-0.05, 0) is 57.2 Å². The molecule has 0 aliphatic carbocycles. The summed E-state index contributed by atoms with van der Waals surface area (Å²) in [6, 6.07) is 20.5. The van der Waals surface area contributed by atoms with E-state index in [4.69, 9.17) is 0 Å². The van der Waals surface area contributed by atoms with Crippen LogP contribution >= 0.6 is 31.9 Å². The molecule has 0 saturated carbocycles. The van der Waals surface area contributed by atoms with E-state index in [-0.39, 0.29) is 5.91 Å². The zero-order valence-electron chi connectivity index (χ0n) is 14.0. The topological polar surface area (TPSA) is 29.1 Å². The first kappa shape index (κ1) is 17.3. The van der Waals surface area contributed by atoms with Crippen LogP contribution in [0.1, 0.15) is 16.7 Å². The lowest BCUT2D eigenvalue weighted by Crippen LogP contribution is -2.03. The van der Waals surface area contributed by atoms with Crippen LogP contribution in [0.2, 0.25) is 0 Å². The van der Waals surface area contributed by atoms with Gasteiger partial charge in [0, 0.05) is 20.1 Å². The second-order valence-corrected chi connectivity index (χ2v) is 7.92. The molecule has 128 valence electrons. The minimum atomic E-state index is -0.0750. The molecule has 0 spiro atoms. The zero-order valence-corrected chi connectivity index (χ0v) is 17.2. The number of carbonyl (C=O) groups excluding carboxylic acids is 1. The average molecular weight is 469 g/mol. The average Bonchev–Trinajstić information content (AvgIpc) is 2.98. The summed E-state index contributed by atoms with van der Waals surface area (Å²) in [5.74, 6) is -0.0750. The van der Waals surface area contributed by atoms with Gasteiger partial charge in [-0.15, -0.1) is 0 Å². The fraction of sp³-hybridized carbons (Fsp3) is 0.0455. The van der Waals surface area contributed by atoms with E-state index in [1.165, 1.54) is 5.56 Å². The maximum Gasteiger partial charge on any atom is 0.256 e. The van der Waals surface area contributed by atoms with Crippen LogP contribution in [0.15, 0.2) is 69.6 Å². The Morgan fingerprint density at radius 1 is 0.885 bits per heavy atom. The summed E-state index contributed by atoms with van der Waals surface area (Å²) in [7, 11) is 0. The molecule has 0 saturated heterocycles. The van der Waals surface area contributed by atoms with E-state index in [0.717, 1.165) is 36.9 Å². The number of nitrogens with one attached hydrogen (secondary N) is 1. The molecule has 1 N–H and O–H groups in total. The second kappa shape index (κ2) is 6.86. The number of benzene rings is 3. The number of amides is 1. The minimum Gasteiger partial charge on any atom is -0.320 e. The lowest BCUT2D eigenvalue weighted by molar-refractivity contribution is -0.110. The molecule has 0 unspecified atom stereocenters. The van der Waals surface area contributed by atoms with E-state index in [1.807, 2.05) is 49.4 Å². The van der Waals surface area contributed by atoms with Crippen LogP contribution in [0.3, 0.4) is 0 Å². The van der Waals surface area contributed by atoms with Gasteiger partial charge in [0.25, 0.3) is 5.91 Å². The summed E-state index contributed by atoms with van der Waals surface area (Å²) in [6.07, 6.45) is 1.95. The van der Waals surface area contributed by atoms with Crippen molar-refractivity contribution in [1.82, 2.24) is 0 Å². The standard InChI is InChI=1S/C22H15Br2NO/c1-13-18(23)12-19(24)21-20(13)17(22(26)25-21)11-14-7-9-16(10-8-14)15-5-3-2-4-6-15/h2-12H,1H3,(H,25,26). The molecule has 1 aliphatic heterocycles. The third-order valence-electron chi connectivity index (χ3n) is 4.56. The summed E-state index contributed by atoms with van der Waals surface area (Å²) in [4.78, 5) is 12.5. The van der Waals surface area contributed by atoms with Crippen molar-refractivity contribution in [3.05, 3.63) is 86.3 Å². The van der Waals surface area contributed by atoms with Crippen molar-refractivity contribution in [2.75, 3.05) is 5.32 Å². The Balaban J connectivity index is 1.75. The Labute approximate surface area is 169 Å². The molecular weight excluding hydrogens is 454 g/mol. The van der Waals surface area contributed by atoms with Crippen LogP contribution in [0.25, 0.3) is 22.8 Å². The highest BCUT2D eigenvalue weighted by Gasteiger charge is 2.28. The molecule has 0 radical (unpaired) electrons. The molecule has 1 aliphatic rings. The van der Waals surface area contributed by atoms with E-state index in [1.54, 1.807) is 0 Å². The number of hydrogen-bond donors (Lipinski definition) is 1. The van der Waals surface area contributed by atoms with E-state index in [2.05, 4.69) is 61.4 Å². The van der Waals surface area contributed by atoms with E-state index < -0.39 is 0 Å². The van der Waals surface area contributed by atoms with Crippen molar-refractivity contribution in [1.29, 1.82) is 0 Å². The summed E-state index contributed by atoms with van der Waals surface area (Å²) in [6.45, 7) is 2.02. The number of anilines is 1. The summed E-state index contributed by atoms with van der Waals surface area (Å²) in [5.41, 5.74) is 6.86. The van der Waals surface area contributed by atoms with Crippen LogP contribution in [-0.2, 0) is 4.79 Å². The van der Waals surface area contributed by atoms with Crippen LogP contribution in [0.4, 0.5) is 5.69 Å². The Bertz CT molecular complexity index is 1040. The number of fused-ring (bicyclic) bond motifs is 1. The SMILES string of the molecule is Cc1c(Br)cc(Br)c2c1C(=Cc1ccc(-c3ccccc3)cc1)C(=O)N2. The van der Waals surface area contributed by atoms with Crippen molar-refractivity contribution in [3.63, 3.8) is 0 Å². The van der Waals surface area contributed by atoms with Crippen LogP contribution in [0, 0.1) is 6.92 Å². The van der Waals surface area contributed by atoms with Crippen molar-refractivity contribution < 1.29 is 4.79 Å². The molecule has 0 bridgehead atoms. The fourth-order valence-electron chi connectivity index (χ4n) is 3.18. The van der Waals surface area contributed by atoms with Gasteiger partial charge in [-0.2, -0.15) is 0 Å². The predicted octanol–water partition coefficient (Wildman–Crippen LogP) is 6.68. The smallest absolute Gasteiger partial charge is 0.256 e. The molecule has 0 aromatic heterocycles. The van der Waals surface area contributed by atoms with Crippen LogP contribution < -0.4 is 5.32 Å². The van der Waals surface area contributed by atoms with Crippen molar-refractivity contribution >= 4 is 55.1 Å². The maximum absolute atomic E-state index is 12.5. The molecule has 4 rings (SSSR count). The fourth-order valence-corrected chi connectivity index (χ4v) is 4.44. The van der Waals surface area contributed by atoms with Crippen molar-refractivity contribution in [2.45, 2.75) is 6.92 Å². The van der Waals surface area contributed by atoms with Crippen LogP contribution in [-0.4, -0.2) is 5.91 Å².